The Bertz CT molecular complexity index is 498. The van der Waals surface area contributed by atoms with Crippen molar-refractivity contribution in [1.82, 2.24) is 4.98 Å². The Kier molecular flexibility index (Phi) is 2.24. The predicted octanol–water partition coefficient (Wildman–Crippen LogP) is 3.48. The molecule has 1 aromatic carbocycles. The SMILES string of the molecule is SCc1ccc2[nH]c3c(c2c1)CCCC3. The lowest BCUT2D eigenvalue weighted by molar-refractivity contribution is 0.680. The minimum Gasteiger partial charge on any atom is -0.358 e. The molecule has 3 rings (SSSR count). The standard InChI is InChI=1S/C13H15NS/c15-8-9-5-6-13-11(7-9)10-3-1-2-4-12(10)14-13/h5-7,14-15H,1-4,8H2. The van der Waals surface area contributed by atoms with Crippen LogP contribution in [0.1, 0.15) is 29.7 Å². The van der Waals surface area contributed by atoms with Crippen LogP contribution in [-0.4, -0.2) is 4.98 Å². The first kappa shape index (κ1) is 9.34. The molecule has 1 heterocycles. The van der Waals surface area contributed by atoms with Gasteiger partial charge < -0.3 is 4.98 Å². The number of thiol groups is 1. The van der Waals surface area contributed by atoms with Crippen LogP contribution >= 0.6 is 12.6 Å². The smallest absolute Gasteiger partial charge is 0.0459 e. The number of aromatic nitrogens is 1. The molecule has 2 heteroatoms. The summed E-state index contributed by atoms with van der Waals surface area (Å²) in [7, 11) is 0. The quantitative estimate of drug-likeness (QED) is 0.680. The van der Waals surface area contributed by atoms with E-state index in [-0.39, 0.29) is 0 Å². The van der Waals surface area contributed by atoms with E-state index in [1.165, 1.54) is 47.8 Å². The number of hydrogen-bond acceptors (Lipinski definition) is 1. The topological polar surface area (TPSA) is 15.8 Å². The van der Waals surface area contributed by atoms with Crippen molar-refractivity contribution in [3.63, 3.8) is 0 Å². The van der Waals surface area contributed by atoms with E-state index in [1.807, 2.05) is 0 Å². The molecule has 1 N–H and O–H groups in total. The molecule has 0 saturated heterocycles. The van der Waals surface area contributed by atoms with Gasteiger partial charge in [0.05, 0.1) is 0 Å². The first-order valence-corrected chi connectivity index (χ1v) is 6.25. The minimum absolute atomic E-state index is 0.829. The Morgan fingerprint density at radius 3 is 2.93 bits per heavy atom. The molecule has 1 aliphatic rings. The molecule has 0 amide bonds. The van der Waals surface area contributed by atoms with Crippen molar-refractivity contribution < 1.29 is 0 Å². The molecule has 78 valence electrons. The lowest BCUT2D eigenvalue weighted by Gasteiger charge is -2.10. The first-order chi connectivity index (χ1) is 7.38. The number of benzene rings is 1. The second-order valence-electron chi connectivity index (χ2n) is 4.33. The van der Waals surface area contributed by atoms with Gasteiger partial charge in [-0.1, -0.05) is 6.07 Å². The molecule has 0 unspecified atom stereocenters. The number of H-pyrrole nitrogens is 1. The van der Waals surface area contributed by atoms with Gasteiger partial charge in [0.25, 0.3) is 0 Å². The van der Waals surface area contributed by atoms with Gasteiger partial charge in [-0.3, -0.25) is 0 Å². The Morgan fingerprint density at radius 2 is 2.07 bits per heavy atom. The lowest BCUT2D eigenvalue weighted by atomic mass is 9.95. The third-order valence-electron chi connectivity index (χ3n) is 3.35. The summed E-state index contributed by atoms with van der Waals surface area (Å²) < 4.78 is 0. The van der Waals surface area contributed by atoms with Crippen LogP contribution in [0.4, 0.5) is 0 Å². The number of fused-ring (bicyclic) bond motifs is 3. The summed E-state index contributed by atoms with van der Waals surface area (Å²) in [4.78, 5) is 3.54. The highest BCUT2D eigenvalue weighted by Gasteiger charge is 2.14. The molecule has 0 bridgehead atoms. The molecule has 0 radical (unpaired) electrons. The van der Waals surface area contributed by atoms with Crippen LogP contribution in [0.3, 0.4) is 0 Å². The summed E-state index contributed by atoms with van der Waals surface area (Å²) in [5.41, 5.74) is 5.64. The maximum atomic E-state index is 4.33. The van der Waals surface area contributed by atoms with E-state index < -0.39 is 0 Å². The van der Waals surface area contributed by atoms with E-state index in [4.69, 9.17) is 0 Å². The van der Waals surface area contributed by atoms with Crippen LogP contribution in [-0.2, 0) is 18.6 Å². The molecule has 0 aliphatic heterocycles. The third-order valence-corrected chi connectivity index (χ3v) is 3.71. The van der Waals surface area contributed by atoms with Crippen molar-refractivity contribution in [2.24, 2.45) is 0 Å². The van der Waals surface area contributed by atoms with Crippen LogP contribution in [0.15, 0.2) is 18.2 Å². The monoisotopic (exact) mass is 217 g/mol. The maximum Gasteiger partial charge on any atom is 0.0459 e. The molecule has 15 heavy (non-hydrogen) atoms. The molecule has 0 saturated carbocycles. The molecule has 1 nitrogen and oxygen atoms in total. The van der Waals surface area contributed by atoms with Gasteiger partial charge in [0.1, 0.15) is 0 Å². The van der Waals surface area contributed by atoms with Crippen molar-refractivity contribution in [1.29, 1.82) is 0 Å². The highest BCUT2D eigenvalue weighted by Crippen LogP contribution is 2.29. The molecule has 0 fully saturated rings. The van der Waals surface area contributed by atoms with E-state index in [1.54, 1.807) is 5.56 Å². The molecular weight excluding hydrogens is 202 g/mol. The van der Waals surface area contributed by atoms with Crippen molar-refractivity contribution in [2.45, 2.75) is 31.4 Å². The lowest BCUT2D eigenvalue weighted by Crippen LogP contribution is -1.99. The fourth-order valence-electron chi connectivity index (χ4n) is 2.55. The van der Waals surface area contributed by atoms with E-state index in [0.717, 1.165) is 5.75 Å². The zero-order valence-electron chi connectivity index (χ0n) is 8.71. The van der Waals surface area contributed by atoms with Gasteiger partial charge in [-0.25, -0.2) is 0 Å². The molecule has 1 aromatic heterocycles. The van der Waals surface area contributed by atoms with Crippen molar-refractivity contribution in [3.8, 4) is 0 Å². The van der Waals surface area contributed by atoms with Gasteiger partial charge in [-0.05, 0) is 48.9 Å². The summed E-state index contributed by atoms with van der Waals surface area (Å²) in [5, 5.41) is 1.43. The number of rotatable bonds is 1. The van der Waals surface area contributed by atoms with Crippen molar-refractivity contribution >= 4 is 23.5 Å². The zero-order valence-corrected chi connectivity index (χ0v) is 9.61. The van der Waals surface area contributed by atoms with Crippen LogP contribution < -0.4 is 0 Å². The number of aryl methyl sites for hydroxylation is 2. The minimum atomic E-state index is 0.829. The third kappa shape index (κ3) is 1.48. The predicted molar refractivity (Wildman–Crippen MR) is 67.6 cm³/mol. The average molecular weight is 217 g/mol. The Labute approximate surface area is 95.3 Å². The van der Waals surface area contributed by atoms with Crippen LogP contribution in [0.2, 0.25) is 0 Å². The van der Waals surface area contributed by atoms with Gasteiger partial charge in [0, 0.05) is 22.3 Å². The summed E-state index contributed by atoms with van der Waals surface area (Å²) in [6.45, 7) is 0. The van der Waals surface area contributed by atoms with Gasteiger partial charge >= 0.3 is 0 Å². The van der Waals surface area contributed by atoms with E-state index in [0.29, 0.717) is 0 Å². The molecule has 2 aromatic rings. The largest absolute Gasteiger partial charge is 0.358 e. The Hall–Kier alpha value is -0.890. The second-order valence-corrected chi connectivity index (χ2v) is 4.64. The van der Waals surface area contributed by atoms with Crippen LogP contribution in [0, 0.1) is 0 Å². The summed E-state index contributed by atoms with van der Waals surface area (Å²) in [5.74, 6) is 0.829. The summed E-state index contributed by atoms with van der Waals surface area (Å²) >= 11 is 4.33. The molecule has 0 atom stereocenters. The summed E-state index contributed by atoms with van der Waals surface area (Å²) in [6.07, 6.45) is 5.13. The summed E-state index contributed by atoms with van der Waals surface area (Å²) in [6, 6.07) is 6.65. The number of nitrogens with one attached hydrogen (secondary N) is 1. The van der Waals surface area contributed by atoms with Gasteiger partial charge in [0.2, 0.25) is 0 Å². The number of aromatic amines is 1. The molecule has 1 aliphatic carbocycles. The Balaban J connectivity index is 2.24. The van der Waals surface area contributed by atoms with Crippen LogP contribution in [0.25, 0.3) is 10.9 Å². The molecular formula is C13H15NS. The maximum absolute atomic E-state index is 4.33. The zero-order chi connectivity index (χ0) is 10.3. The first-order valence-electron chi connectivity index (χ1n) is 5.61. The van der Waals surface area contributed by atoms with Gasteiger partial charge in [-0.2, -0.15) is 12.6 Å². The van der Waals surface area contributed by atoms with Crippen molar-refractivity contribution in [2.75, 3.05) is 0 Å². The van der Waals surface area contributed by atoms with E-state index in [9.17, 15) is 0 Å². The van der Waals surface area contributed by atoms with E-state index >= 15 is 0 Å². The fraction of sp³-hybridized carbons (Fsp3) is 0.385. The number of hydrogen-bond donors (Lipinski definition) is 2. The van der Waals surface area contributed by atoms with Gasteiger partial charge in [0.15, 0.2) is 0 Å². The van der Waals surface area contributed by atoms with E-state index in [2.05, 4.69) is 35.8 Å². The average Bonchev–Trinajstić information content (AvgIpc) is 2.66. The highest BCUT2D eigenvalue weighted by atomic mass is 32.1. The van der Waals surface area contributed by atoms with Gasteiger partial charge in [-0.15, -0.1) is 0 Å². The van der Waals surface area contributed by atoms with Crippen LogP contribution in [0.5, 0.6) is 0 Å². The Morgan fingerprint density at radius 1 is 1.20 bits per heavy atom. The normalized spacial score (nSPS) is 15.5. The van der Waals surface area contributed by atoms with Crippen molar-refractivity contribution in [3.05, 3.63) is 35.0 Å². The highest BCUT2D eigenvalue weighted by molar-refractivity contribution is 7.79. The fourth-order valence-corrected chi connectivity index (χ4v) is 2.75. The molecule has 0 spiro atoms. The second kappa shape index (κ2) is 3.60.